The van der Waals surface area contributed by atoms with Gasteiger partial charge in [0.2, 0.25) is 0 Å². The fourth-order valence-corrected chi connectivity index (χ4v) is 1.53. The highest BCUT2D eigenvalue weighted by atomic mass is 16.5. The molecule has 0 atom stereocenters. The molecule has 0 aliphatic heterocycles. The first kappa shape index (κ1) is 12.3. The van der Waals surface area contributed by atoms with Crippen LogP contribution in [0.15, 0.2) is 41.1 Å². The maximum absolute atomic E-state index is 10.8. The van der Waals surface area contributed by atoms with E-state index in [0.717, 1.165) is 5.69 Å². The van der Waals surface area contributed by atoms with Crippen molar-refractivity contribution in [2.75, 3.05) is 6.61 Å². The van der Waals surface area contributed by atoms with Crippen LogP contribution in [0.4, 0.5) is 0 Å². The Kier molecular flexibility index (Phi) is 4.09. The first-order chi connectivity index (χ1) is 8.77. The van der Waals surface area contributed by atoms with Crippen LogP contribution in [-0.2, 0) is 17.8 Å². The minimum Gasteiger partial charge on any atom is -0.478 e. The summed E-state index contributed by atoms with van der Waals surface area (Å²) in [6.07, 6.45) is 3.76. The molecule has 0 aliphatic rings. The highest BCUT2D eigenvalue weighted by Crippen LogP contribution is 2.11. The Balaban J connectivity index is 1.79. The van der Waals surface area contributed by atoms with E-state index in [2.05, 4.69) is 4.98 Å². The Morgan fingerprint density at radius 3 is 3.00 bits per heavy atom. The van der Waals surface area contributed by atoms with Gasteiger partial charge in [0, 0.05) is 18.3 Å². The summed E-state index contributed by atoms with van der Waals surface area (Å²) in [5.74, 6) is -0.671. The van der Waals surface area contributed by atoms with Gasteiger partial charge in [0.15, 0.2) is 0 Å². The molecule has 0 saturated carbocycles. The molecule has 0 bridgehead atoms. The van der Waals surface area contributed by atoms with Gasteiger partial charge in [-0.2, -0.15) is 0 Å². The predicted molar refractivity (Wildman–Crippen MR) is 63.3 cm³/mol. The quantitative estimate of drug-likeness (QED) is 0.791. The third kappa shape index (κ3) is 3.18. The summed E-state index contributed by atoms with van der Waals surface area (Å²) in [5.41, 5.74) is 1.09. The fraction of sp³-hybridized carbons (Fsp3) is 0.231. The highest BCUT2D eigenvalue weighted by molar-refractivity contribution is 5.88. The third-order valence-electron chi connectivity index (χ3n) is 2.44. The molecule has 2 heterocycles. The van der Waals surface area contributed by atoms with E-state index in [4.69, 9.17) is 14.3 Å². The Morgan fingerprint density at radius 2 is 2.28 bits per heavy atom. The molecule has 0 fully saturated rings. The fourth-order valence-electron chi connectivity index (χ4n) is 1.53. The van der Waals surface area contributed by atoms with Crippen LogP contribution in [0.1, 0.15) is 21.8 Å². The van der Waals surface area contributed by atoms with Crippen molar-refractivity contribution in [1.29, 1.82) is 0 Å². The normalized spacial score (nSPS) is 10.4. The van der Waals surface area contributed by atoms with Crippen LogP contribution in [0.5, 0.6) is 0 Å². The summed E-state index contributed by atoms with van der Waals surface area (Å²) in [4.78, 5) is 15.0. The van der Waals surface area contributed by atoms with E-state index in [1.54, 1.807) is 6.20 Å². The predicted octanol–water partition coefficient (Wildman–Crippen LogP) is 2.13. The highest BCUT2D eigenvalue weighted by Gasteiger charge is 2.12. The van der Waals surface area contributed by atoms with Crippen molar-refractivity contribution in [3.05, 3.63) is 53.7 Å². The van der Waals surface area contributed by atoms with E-state index >= 15 is 0 Å². The molecular weight excluding hydrogens is 234 g/mol. The molecular formula is C13H13NO4. The number of hydrogen-bond acceptors (Lipinski definition) is 4. The van der Waals surface area contributed by atoms with Gasteiger partial charge < -0.3 is 14.3 Å². The van der Waals surface area contributed by atoms with Crippen molar-refractivity contribution >= 4 is 5.97 Å². The number of rotatable bonds is 6. The largest absolute Gasteiger partial charge is 0.478 e. The third-order valence-corrected chi connectivity index (χ3v) is 2.44. The lowest BCUT2D eigenvalue weighted by atomic mass is 10.2. The summed E-state index contributed by atoms with van der Waals surface area (Å²) in [6, 6.07) is 7.10. The van der Waals surface area contributed by atoms with Gasteiger partial charge in [-0.1, -0.05) is 6.07 Å². The molecule has 2 aromatic heterocycles. The first-order valence-electron chi connectivity index (χ1n) is 5.54. The van der Waals surface area contributed by atoms with Crippen LogP contribution in [0, 0.1) is 0 Å². The number of aromatic nitrogens is 1. The molecule has 18 heavy (non-hydrogen) atoms. The number of nitrogens with zero attached hydrogens (tertiary/aromatic N) is 1. The van der Waals surface area contributed by atoms with Crippen molar-refractivity contribution < 1.29 is 19.1 Å². The summed E-state index contributed by atoms with van der Waals surface area (Å²) < 4.78 is 10.4. The Hall–Kier alpha value is -2.14. The van der Waals surface area contributed by atoms with E-state index < -0.39 is 5.97 Å². The molecule has 0 unspecified atom stereocenters. The van der Waals surface area contributed by atoms with Crippen molar-refractivity contribution in [2.45, 2.75) is 13.0 Å². The van der Waals surface area contributed by atoms with Crippen LogP contribution in [0.3, 0.4) is 0 Å². The minimum absolute atomic E-state index is 0.146. The summed E-state index contributed by atoms with van der Waals surface area (Å²) >= 11 is 0. The summed E-state index contributed by atoms with van der Waals surface area (Å²) in [7, 11) is 0. The summed E-state index contributed by atoms with van der Waals surface area (Å²) in [6.45, 7) is 0.623. The monoisotopic (exact) mass is 247 g/mol. The second-order valence-electron chi connectivity index (χ2n) is 3.69. The van der Waals surface area contributed by atoms with Gasteiger partial charge in [-0.25, -0.2) is 4.79 Å². The molecule has 0 amide bonds. The molecule has 94 valence electrons. The maximum atomic E-state index is 10.8. The van der Waals surface area contributed by atoms with Crippen LogP contribution >= 0.6 is 0 Å². The van der Waals surface area contributed by atoms with Gasteiger partial charge in [-0.05, 0) is 18.2 Å². The topological polar surface area (TPSA) is 72.6 Å². The molecule has 1 N–H and O–H groups in total. The minimum atomic E-state index is -1.01. The number of aromatic carboxylic acids is 1. The van der Waals surface area contributed by atoms with Gasteiger partial charge in [-0.15, -0.1) is 0 Å². The second kappa shape index (κ2) is 5.97. The molecule has 5 heteroatoms. The van der Waals surface area contributed by atoms with Crippen molar-refractivity contribution in [3.63, 3.8) is 0 Å². The van der Waals surface area contributed by atoms with Gasteiger partial charge in [-0.3, -0.25) is 4.98 Å². The van der Waals surface area contributed by atoms with E-state index in [9.17, 15) is 4.79 Å². The molecule has 2 aromatic rings. The van der Waals surface area contributed by atoms with Crippen LogP contribution < -0.4 is 0 Å². The standard InChI is InChI=1S/C13H13NO4/c15-13(16)11-5-8-18-12(11)9-17-7-4-10-3-1-2-6-14-10/h1-3,5-6,8H,4,7,9H2,(H,15,16). The van der Waals surface area contributed by atoms with E-state index in [-0.39, 0.29) is 12.2 Å². The number of furan rings is 1. The number of carboxylic acids is 1. The van der Waals surface area contributed by atoms with Gasteiger partial charge >= 0.3 is 5.97 Å². The zero-order chi connectivity index (χ0) is 12.8. The van der Waals surface area contributed by atoms with Crippen LogP contribution in [0.2, 0.25) is 0 Å². The molecule has 0 spiro atoms. The number of hydrogen-bond donors (Lipinski definition) is 1. The van der Waals surface area contributed by atoms with E-state index in [0.29, 0.717) is 18.8 Å². The number of carboxylic acid groups (broad SMARTS) is 1. The molecule has 0 aromatic carbocycles. The maximum Gasteiger partial charge on any atom is 0.339 e. The van der Waals surface area contributed by atoms with Crippen LogP contribution in [0.25, 0.3) is 0 Å². The molecule has 0 radical (unpaired) electrons. The Bertz CT molecular complexity index is 507. The zero-order valence-corrected chi connectivity index (χ0v) is 9.70. The lowest BCUT2D eigenvalue weighted by Gasteiger charge is -2.02. The first-order valence-corrected chi connectivity index (χ1v) is 5.54. The zero-order valence-electron chi connectivity index (χ0n) is 9.70. The van der Waals surface area contributed by atoms with E-state index in [1.807, 2.05) is 18.2 Å². The molecule has 0 aliphatic carbocycles. The molecule has 5 nitrogen and oxygen atoms in total. The Labute approximate surface area is 104 Å². The van der Waals surface area contributed by atoms with Gasteiger partial charge in [0.05, 0.1) is 12.9 Å². The van der Waals surface area contributed by atoms with E-state index in [1.165, 1.54) is 12.3 Å². The number of ether oxygens (including phenoxy) is 1. The lowest BCUT2D eigenvalue weighted by Crippen LogP contribution is -2.03. The SMILES string of the molecule is O=C(O)c1ccoc1COCCc1ccccn1. The number of pyridine rings is 1. The van der Waals surface area contributed by atoms with Gasteiger partial charge in [0.1, 0.15) is 17.9 Å². The van der Waals surface area contributed by atoms with Crippen molar-refractivity contribution in [3.8, 4) is 0 Å². The molecule has 0 saturated heterocycles. The average molecular weight is 247 g/mol. The van der Waals surface area contributed by atoms with Gasteiger partial charge in [0.25, 0.3) is 0 Å². The number of carbonyl (C=O) groups is 1. The lowest BCUT2D eigenvalue weighted by molar-refractivity contribution is 0.0679. The van der Waals surface area contributed by atoms with Crippen molar-refractivity contribution in [2.24, 2.45) is 0 Å². The Morgan fingerprint density at radius 1 is 1.39 bits per heavy atom. The van der Waals surface area contributed by atoms with Crippen molar-refractivity contribution in [1.82, 2.24) is 4.98 Å². The molecule has 2 rings (SSSR count). The smallest absolute Gasteiger partial charge is 0.339 e. The summed E-state index contributed by atoms with van der Waals surface area (Å²) in [5, 5.41) is 8.86. The average Bonchev–Trinajstić information content (AvgIpc) is 2.84. The van der Waals surface area contributed by atoms with Crippen LogP contribution in [-0.4, -0.2) is 22.7 Å². The second-order valence-corrected chi connectivity index (χ2v) is 3.69.